The summed E-state index contributed by atoms with van der Waals surface area (Å²) in [5, 5.41) is 11.2. The molecular formula is C27H33Cl2N5O3. The summed E-state index contributed by atoms with van der Waals surface area (Å²) < 4.78 is 7.05. The Morgan fingerprint density at radius 2 is 1.70 bits per heavy atom. The van der Waals surface area contributed by atoms with Crippen molar-refractivity contribution in [3.8, 4) is 11.4 Å². The van der Waals surface area contributed by atoms with E-state index in [0.717, 1.165) is 5.69 Å². The average molecular weight is 546 g/mol. The summed E-state index contributed by atoms with van der Waals surface area (Å²) in [4.78, 5) is 27.6. The maximum Gasteiger partial charge on any atom is 0.322 e. The lowest BCUT2D eigenvalue weighted by molar-refractivity contribution is -0.117. The second kappa shape index (κ2) is 11.9. The van der Waals surface area contributed by atoms with E-state index >= 15 is 0 Å². The molecular weight excluding hydrogens is 513 g/mol. The van der Waals surface area contributed by atoms with Crippen LogP contribution in [0.2, 0.25) is 10.0 Å². The van der Waals surface area contributed by atoms with E-state index in [2.05, 4.69) is 10.6 Å². The van der Waals surface area contributed by atoms with Gasteiger partial charge in [-0.25, -0.2) is 9.48 Å². The van der Waals surface area contributed by atoms with Crippen LogP contribution < -0.4 is 15.4 Å². The second-order valence-corrected chi connectivity index (χ2v) is 10.6. The molecule has 0 saturated carbocycles. The Hall–Kier alpha value is -3.23. The first-order valence-corrected chi connectivity index (χ1v) is 12.8. The Labute approximate surface area is 227 Å². The fraction of sp³-hybridized carbons (Fsp3) is 0.370. The maximum absolute atomic E-state index is 13.1. The quantitative estimate of drug-likeness (QED) is 0.327. The molecule has 0 radical (unpaired) electrons. The molecule has 37 heavy (non-hydrogen) atoms. The number of ether oxygens (including phenoxy) is 1. The van der Waals surface area contributed by atoms with Crippen LogP contribution in [0.4, 0.5) is 16.3 Å². The minimum absolute atomic E-state index is 0.155. The molecule has 0 atom stereocenters. The third kappa shape index (κ3) is 7.40. The number of anilines is 2. The highest BCUT2D eigenvalue weighted by molar-refractivity contribution is 6.42. The van der Waals surface area contributed by atoms with Crippen LogP contribution in [-0.2, 0) is 10.2 Å². The largest absolute Gasteiger partial charge is 0.494 e. The molecule has 0 aliphatic heterocycles. The minimum atomic E-state index is -0.386. The van der Waals surface area contributed by atoms with E-state index in [1.807, 2.05) is 47.6 Å². The smallest absolute Gasteiger partial charge is 0.322 e. The molecule has 3 aromatic rings. The van der Waals surface area contributed by atoms with Crippen LogP contribution in [0.5, 0.6) is 5.75 Å². The van der Waals surface area contributed by atoms with Crippen LogP contribution in [0.25, 0.3) is 5.69 Å². The van der Waals surface area contributed by atoms with Crippen LogP contribution in [0.15, 0.2) is 48.5 Å². The van der Waals surface area contributed by atoms with Gasteiger partial charge in [0.2, 0.25) is 5.91 Å². The molecule has 0 fully saturated rings. The summed E-state index contributed by atoms with van der Waals surface area (Å²) in [6.07, 6.45) is 0. The molecule has 0 spiro atoms. The van der Waals surface area contributed by atoms with Crippen LogP contribution in [0.3, 0.4) is 0 Å². The highest BCUT2D eigenvalue weighted by Gasteiger charge is 2.24. The first kappa shape index (κ1) is 28.3. The lowest BCUT2D eigenvalue weighted by Gasteiger charge is -2.26. The number of benzene rings is 2. The maximum atomic E-state index is 13.1. The summed E-state index contributed by atoms with van der Waals surface area (Å²) in [7, 11) is 0. The standard InChI is InChI=1S/C27H33Cl2N5O3/c1-7-37-20-11-8-18(9-12-20)30-26(36)33(17(2)3)16-25(35)31-24-15-23(27(4,5)6)32-34(24)19-10-13-21(28)22(29)14-19/h8-15,17H,7,16H2,1-6H3,(H,30,36)(H,31,35). The molecule has 0 saturated heterocycles. The minimum Gasteiger partial charge on any atom is -0.494 e. The number of hydrogen-bond donors (Lipinski definition) is 2. The number of carbonyl (C=O) groups excluding carboxylic acids is 2. The van der Waals surface area contributed by atoms with Gasteiger partial charge in [0.15, 0.2) is 0 Å². The monoisotopic (exact) mass is 545 g/mol. The van der Waals surface area contributed by atoms with Crippen molar-refractivity contribution in [2.75, 3.05) is 23.8 Å². The van der Waals surface area contributed by atoms with E-state index in [-0.39, 0.29) is 29.9 Å². The summed E-state index contributed by atoms with van der Waals surface area (Å²) in [6.45, 7) is 12.1. The molecule has 1 heterocycles. The lowest BCUT2D eigenvalue weighted by Crippen LogP contribution is -2.44. The van der Waals surface area contributed by atoms with Gasteiger partial charge in [-0.1, -0.05) is 44.0 Å². The Bertz CT molecular complexity index is 1250. The zero-order valence-electron chi connectivity index (χ0n) is 21.9. The predicted octanol–water partition coefficient (Wildman–Crippen LogP) is 6.76. The van der Waals surface area contributed by atoms with E-state index < -0.39 is 0 Å². The zero-order valence-corrected chi connectivity index (χ0v) is 23.4. The van der Waals surface area contributed by atoms with Crippen molar-refractivity contribution >= 4 is 46.6 Å². The molecule has 3 amide bonds. The topological polar surface area (TPSA) is 88.5 Å². The number of aromatic nitrogens is 2. The molecule has 0 aliphatic rings. The van der Waals surface area contributed by atoms with Gasteiger partial charge in [0.25, 0.3) is 0 Å². The number of amides is 3. The van der Waals surface area contributed by atoms with Crippen LogP contribution in [0, 0.1) is 0 Å². The molecule has 8 nitrogen and oxygen atoms in total. The number of carbonyl (C=O) groups is 2. The Kier molecular flexibility index (Phi) is 9.10. The second-order valence-electron chi connectivity index (χ2n) is 9.83. The highest BCUT2D eigenvalue weighted by atomic mass is 35.5. The SMILES string of the molecule is CCOc1ccc(NC(=O)N(CC(=O)Nc2cc(C(C)(C)C)nn2-c2ccc(Cl)c(Cl)c2)C(C)C)cc1. The number of nitrogens with zero attached hydrogens (tertiary/aromatic N) is 3. The van der Waals surface area contributed by atoms with Crippen LogP contribution in [0.1, 0.15) is 47.2 Å². The zero-order chi connectivity index (χ0) is 27.3. The third-order valence-electron chi connectivity index (χ3n) is 5.51. The van der Waals surface area contributed by atoms with Gasteiger partial charge in [-0.2, -0.15) is 5.10 Å². The molecule has 10 heteroatoms. The van der Waals surface area contributed by atoms with Gasteiger partial charge in [0.05, 0.1) is 28.0 Å². The molecule has 198 valence electrons. The van der Waals surface area contributed by atoms with E-state index in [4.69, 9.17) is 33.0 Å². The number of rotatable bonds is 8. The molecule has 2 N–H and O–H groups in total. The number of halogens is 2. The highest BCUT2D eigenvalue weighted by Crippen LogP contribution is 2.29. The van der Waals surface area contributed by atoms with Crippen molar-refractivity contribution in [3.05, 3.63) is 64.3 Å². The Morgan fingerprint density at radius 1 is 1.03 bits per heavy atom. The summed E-state index contributed by atoms with van der Waals surface area (Å²) in [5.74, 6) is 0.815. The van der Waals surface area contributed by atoms with Crippen molar-refractivity contribution in [1.29, 1.82) is 0 Å². The van der Waals surface area contributed by atoms with Crippen molar-refractivity contribution in [3.63, 3.8) is 0 Å². The van der Waals surface area contributed by atoms with Gasteiger partial charge in [-0.15, -0.1) is 0 Å². The molecule has 0 unspecified atom stereocenters. The summed E-state index contributed by atoms with van der Waals surface area (Å²) >= 11 is 12.3. The fourth-order valence-electron chi connectivity index (χ4n) is 3.47. The van der Waals surface area contributed by atoms with Crippen LogP contribution in [-0.4, -0.2) is 45.8 Å². The first-order valence-electron chi connectivity index (χ1n) is 12.0. The molecule has 0 aliphatic carbocycles. The summed E-state index contributed by atoms with van der Waals surface area (Å²) in [6, 6.07) is 13.4. The van der Waals surface area contributed by atoms with Crippen LogP contribution >= 0.6 is 23.2 Å². The van der Waals surface area contributed by atoms with Crippen molar-refractivity contribution < 1.29 is 14.3 Å². The molecule has 2 aromatic carbocycles. The van der Waals surface area contributed by atoms with Crippen molar-refractivity contribution in [2.45, 2.75) is 53.0 Å². The van der Waals surface area contributed by atoms with Gasteiger partial charge in [0.1, 0.15) is 18.1 Å². The molecule has 1 aromatic heterocycles. The fourth-order valence-corrected chi connectivity index (χ4v) is 3.77. The van der Waals surface area contributed by atoms with Gasteiger partial charge in [0, 0.05) is 23.2 Å². The van der Waals surface area contributed by atoms with E-state index in [0.29, 0.717) is 39.6 Å². The predicted molar refractivity (Wildman–Crippen MR) is 149 cm³/mol. The Morgan fingerprint density at radius 3 is 2.27 bits per heavy atom. The number of nitrogens with one attached hydrogen (secondary N) is 2. The van der Waals surface area contributed by atoms with Crippen molar-refractivity contribution in [2.24, 2.45) is 0 Å². The third-order valence-corrected chi connectivity index (χ3v) is 6.25. The molecule has 0 bridgehead atoms. The number of hydrogen-bond acceptors (Lipinski definition) is 4. The van der Waals surface area contributed by atoms with Gasteiger partial charge < -0.3 is 20.3 Å². The lowest BCUT2D eigenvalue weighted by atomic mass is 9.92. The van der Waals surface area contributed by atoms with Crippen molar-refractivity contribution in [1.82, 2.24) is 14.7 Å². The van der Waals surface area contributed by atoms with E-state index in [1.54, 1.807) is 47.1 Å². The normalized spacial score (nSPS) is 11.4. The average Bonchev–Trinajstić information content (AvgIpc) is 3.24. The van der Waals surface area contributed by atoms with Gasteiger partial charge in [-0.3, -0.25) is 4.79 Å². The molecule has 3 rings (SSSR count). The van der Waals surface area contributed by atoms with E-state index in [9.17, 15) is 9.59 Å². The Balaban J connectivity index is 1.79. The van der Waals surface area contributed by atoms with E-state index in [1.165, 1.54) is 4.90 Å². The summed E-state index contributed by atoms with van der Waals surface area (Å²) in [5.41, 5.74) is 1.77. The first-order chi connectivity index (χ1) is 17.4. The number of urea groups is 1. The van der Waals surface area contributed by atoms with Gasteiger partial charge >= 0.3 is 6.03 Å². The van der Waals surface area contributed by atoms with Gasteiger partial charge in [-0.05, 0) is 63.2 Å².